The van der Waals surface area contributed by atoms with Crippen LogP contribution < -0.4 is 0 Å². The predicted octanol–water partition coefficient (Wildman–Crippen LogP) is -0.538. The number of hydrogen-bond donors (Lipinski definition) is 3. The highest BCUT2D eigenvalue weighted by molar-refractivity contribution is 4.92. The maximum Gasteiger partial charge on any atom is 0.118 e. The van der Waals surface area contributed by atoms with E-state index in [1.54, 1.807) is 13.8 Å². The van der Waals surface area contributed by atoms with Gasteiger partial charge in [-0.2, -0.15) is 0 Å². The molecule has 1 aliphatic rings. The van der Waals surface area contributed by atoms with Gasteiger partial charge in [-0.25, -0.2) is 4.39 Å². The second-order valence-electron chi connectivity index (χ2n) is 4.01. The molecule has 0 aromatic heterocycles. The van der Waals surface area contributed by atoms with E-state index >= 15 is 0 Å². The van der Waals surface area contributed by atoms with Gasteiger partial charge in [0.25, 0.3) is 0 Å². The second kappa shape index (κ2) is 4.53. The zero-order valence-electron chi connectivity index (χ0n) is 8.30. The molecule has 0 aliphatic carbocycles. The molecule has 4 nitrogen and oxygen atoms in total. The Kier molecular flexibility index (Phi) is 3.83. The minimum atomic E-state index is -1.36. The highest BCUT2D eigenvalue weighted by Crippen LogP contribution is 2.25. The van der Waals surface area contributed by atoms with Gasteiger partial charge >= 0.3 is 0 Å². The molecule has 0 aromatic carbocycles. The highest BCUT2D eigenvalue weighted by Gasteiger charge is 2.44. The number of halogens is 1. The Hall–Kier alpha value is -0.230. The van der Waals surface area contributed by atoms with Crippen LogP contribution in [0.1, 0.15) is 13.8 Å². The van der Waals surface area contributed by atoms with Crippen LogP contribution in [0.15, 0.2) is 0 Å². The molecule has 1 rings (SSSR count). The summed E-state index contributed by atoms with van der Waals surface area (Å²) in [6, 6.07) is 0. The number of rotatable bonds is 2. The van der Waals surface area contributed by atoms with Crippen LogP contribution in [0, 0.1) is 5.92 Å². The molecule has 84 valence electrons. The minimum absolute atomic E-state index is 0.0406. The van der Waals surface area contributed by atoms with Crippen molar-refractivity contribution in [3.05, 3.63) is 0 Å². The molecular formula is C9H17FO4. The lowest BCUT2D eigenvalue weighted by Crippen LogP contribution is -2.59. The number of hydrogen-bond acceptors (Lipinski definition) is 4. The van der Waals surface area contributed by atoms with Crippen molar-refractivity contribution in [3.63, 3.8) is 0 Å². The molecule has 5 heteroatoms. The van der Waals surface area contributed by atoms with Crippen molar-refractivity contribution in [1.82, 2.24) is 0 Å². The molecule has 1 aliphatic heterocycles. The predicted molar refractivity (Wildman–Crippen MR) is 47.5 cm³/mol. The summed E-state index contributed by atoms with van der Waals surface area (Å²) in [5.41, 5.74) is 0. The van der Waals surface area contributed by atoms with Crippen molar-refractivity contribution in [2.75, 3.05) is 6.67 Å². The quantitative estimate of drug-likeness (QED) is 0.570. The molecule has 0 bridgehead atoms. The molecule has 0 aromatic rings. The largest absolute Gasteiger partial charge is 0.388 e. The number of alkyl halides is 1. The first-order valence-electron chi connectivity index (χ1n) is 4.74. The van der Waals surface area contributed by atoms with Crippen molar-refractivity contribution < 1.29 is 24.4 Å². The van der Waals surface area contributed by atoms with Crippen molar-refractivity contribution in [2.24, 2.45) is 5.92 Å². The lowest BCUT2D eigenvalue weighted by Gasteiger charge is -2.41. The molecule has 2 unspecified atom stereocenters. The minimum Gasteiger partial charge on any atom is -0.388 e. The van der Waals surface area contributed by atoms with E-state index in [1.165, 1.54) is 0 Å². The summed E-state index contributed by atoms with van der Waals surface area (Å²) in [5, 5.41) is 28.3. The number of ether oxygens (including phenoxy) is 1. The summed E-state index contributed by atoms with van der Waals surface area (Å²) in [6.45, 7) is 2.73. The zero-order valence-corrected chi connectivity index (χ0v) is 8.30. The van der Waals surface area contributed by atoms with Crippen LogP contribution >= 0.6 is 0 Å². The Bertz CT molecular complexity index is 186. The summed E-state index contributed by atoms with van der Waals surface area (Å²) in [7, 11) is 0. The molecule has 1 heterocycles. The van der Waals surface area contributed by atoms with Crippen molar-refractivity contribution in [1.29, 1.82) is 0 Å². The first-order valence-corrected chi connectivity index (χ1v) is 4.74. The smallest absolute Gasteiger partial charge is 0.118 e. The first-order chi connectivity index (χ1) is 6.49. The van der Waals surface area contributed by atoms with Crippen LogP contribution in [0.4, 0.5) is 4.39 Å². The molecule has 0 spiro atoms. The van der Waals surface area contributed by atoms with Crippen LogP contribution in [0.25, 0.3) is 0 Å². The van der Waals surface area contributed by atoms with E-state index in [4.69, 9.17) is 4.74 Å². The SMILES string of the molecule is CC(C)[C@@H]1OC(CF)[C@@H](O)[C@H](O)C1O. The van der Waals surface area contributed by atoms with Crippen molar-refractivity contribution in [2.45, 2.75) is 44.4 Å². The summed E-state index contributed by atoms with van der Waals surface area (Å²) < 4.78 is 17.5. The Morgan fingerprint density at radius 3 is 2.14 bits per heavy atom. The third-order valence-corrected chi connectivity index (χ3v) is 2.56. The number of aliphatic hydroxyl groups excluding tert-OH is 3. The van der Waals surface area contributed by atoms with Gasteiger partial charge in [-0.05, 0) is 5.92 Å². The Morgan fingerprint density at radius 1 is 1.14 bits per heavy atom. The second-order valence-corrected chi connectivity index (χ2v) is 4.01. The van der Waals surface area contributed by atoms with Crippen molar-refractivity contribution in [3.8, 4) is 0 Å². The van der Waals surface area contributed by atoms with E-state index in [2.05, 4.69) is 0 Å². The molecule has 1 fully saturated rings. The van der Waals surface area contributed by atoms with Crippen LogP contribution in [-0.4, -0.2) is 52.5 Å². The van der Waals surface area contributed by atoms with Crippen molar-refractivity contribution >= 4 is 0 Å². The molecular weight excluding hydrogens is 191 g/mol. The maximum absolute atomic E-state index is 12.4. The topological polar surface area (TPSA) is 69.9 Å². The first kappa shape index (κ1) is 11.8. The molecule has 1 saturated heterocycles. The van der Waals surface area contributed by atoms with Gasteiger partial charge in [0.1, 0.15) is 31.1 Å². The van der Waals surface area contributed by atoms with Crippen LogP contribution in [0.5, 0.6) is 0 Å². The van der Waals surface area contributed by atoms with Gasteiger partial charge in [0.2, 0.25) is 0 Å². The Morgan fingerprint density at radius 2 is 1.71 bits per heavy atom. The zero-order chi connectivity index (χ0) is 10.9. The van der Waals surface area contributed by atoms with E-state index in [1.807, 2.05) is 0 Å². The summed E-state index contributed by atoms with van der Waals surface area (Å²) in [4.78, 5) is 0. The average Bonchev–Trinajstić information content (AvgIpc) is 2.14. The maximum atomic E-state index is 12.4. The van der Waals surface area contributed by atoms with E-state index in [-0.39, 0.29) is 5.92 Å². The van der Waals surface area contributed by atoms with Crippen LogP contribution in [0.3, 0.4) is 0 Å². The van der Waals surface area contributed by atoms with Gasteiger partial charge < -0.3 is 20.1 Å². The van der Waals surface area contributed by atoms with Gasteiger partial charge in [0, 0.05) is 0 Å². The van der Waals surface area contributed by atoms with Gasteiger partial charge in [-0.1, -0.05) is 13.8 Å². The summed E-state index contributed by atoms with van der Waals surface area (Å²) in [6.07, 6.45) is -5.52. The monoisotopic (exact) mass is 208 g/mol. The highest BCUT2D eigenvalue weighted by atomic mass is 19.1. The number of aliphatic hydroxyl groups is 3. The van der Waals surface area contributed by atoms with Crippen LogP contribution in [0.2, 0.25) is 0 Å². The molecule has 0 saturated carbocycles. The van der Waals surface area contributed by atoms with Gasteiger partial charge in [-0.15, -0.1) is 0 Å². The fourth-order valence-electron chi connectivity index (χ4n) is 1.66. The summed E-state index contributed by atoms with van der Waals surface area (Å²) in [5.74, 6) is -0.0406. The van der Waals surface area contributed by atoms with Crippen LogP contribution in [-0.2, 0) is 4.74 Å². The fourth-order valence-corrected chi connectivity index (χ4v) is 1.66. The van der Waals surface area contributed by atoms with E-state index in [9.17, 15) is 19.7 Å². The lowest BCUT2D eigenvalue weighted by molar-refractivity contribution is -0.234. The standard InChI is InChI=1S/C9H17FO4/c1-4(2)9-8(13)7(12)6(11)5(3-10)14-9/h4-9,11-13H,3H2,1-2H3/t5?,6-,7+,8?,9+/m1/s1. The van der Waals surface area contributed by atoms with E-state index in [0.29, 0.717) is 0 Å². The Balaban J connectivity index is 2.73. The molecule has 3 N–H and O–H groups in total. The average molecular weight is 208 g/mol. The summed E-state index contributed by atoms with van der Waals surface area (Å²) >= 11 is 0. The molecule has 0 amide bonds. The molecule has 14 heavy (non-hydrogen) atoms. The fraction of sp³-hybridized carbons (Fsp3) is 1.00. The van der Waals surface area contributed by atoms with E-state index in [0.717, 1.165) is 0 Å². The van der Waals surface area contributed by atoms with Gasteiger partial charge in [0.05, 0.1) is 6.10 Å². The van der Waals surface area contributed by atoms with E-state index < -0.39 is 37.2 Å². The molecule has 5 atom stereocenters. The third-order valence-electron chi connectivity index (χ3n) is 2.56. The Labute approximate surface area is 82.3 Å². The van der Waals surface area contributed by atoms with Gasteiger partial charge in [0.15, 0.2) is 0 Å². The van der Waals surface area contributed by atoms with Gasteiger partial charge in [-0.3, -0.25) is 0 Å². The molecule has 0 radical (unpaired) electrons. The lowest BCUT2D eigenvalue weighted by atomic mass is 9.90. The third kappa shape index (κ3) is 2.06. The normalized spacial score (nSPS) is 44.4.